The van der Waals surface area contributed by atoms with Crippen molar-refractivity contribution >= 4 is 22.9 Å². The largest absolute Gasteiger partial charge is 0.389 e. The Hall–Kier alpha value is -2.01. The standard InChI is InChI=1S/C14H14FN3S/c15-11-2-1-3-12(13(11)14(16)19)18-9-6-10-4-7-17-8-5-10/h1-5,7-8,18H,6,9H2,(H2,16,19). The van der Waals surface area contributed by atoms with E-state index in [1.807, 2.05) is 12.1 Å². The number of nitrogens with zero attached hydrogens (tertiary/aromatic N) is 1. The Morgan fingerprint density at radius 2 is 2.00 bits per heavy atom. The normalized spacial score (nSPS) is 10.2. The molecule has 2 rings (SSSR count). The third-order valence-corrected chi connectivity index (χ3v) is 2.94. The molecule has 0 radical (unpaired) electrons. The Kier molecular flexibility index (Phi) is 4.41. The second kappa shape index (κ2) is 6.24. The average molecular weight is 275 g/mol. The van der Waals surface area contributed by atoms with Crippen LogP contribution >= 0.6 is 12.2 Å². The van der Waals surface area contributed by atoms with E-state index in [1.165, 1.54) is 6.07 Å². The lowest BCUT2D eigenvalue weighted by molar-refractivity contribution is 0.626. The maximum absolute atomic E-state index is 13.6. The van der Waals surface area contributed by atoms with Crippen LogP contribution in [-0.2, 0) is 6.42 Å². The molecular formula is C14H14FN3S. The number of nitrogens with one attached hydrogen (secondary N) is 1. The SMILES string of the molecule is NC(=S)c1c(F)cccc1NCCc1ccncc1. The average Bonchev–Trinajstić information content (AvgIpc) is 2.39. The predicted octanol–water partition coefficient (Wildman–Crippen LogP) is 2.51. The number of rotatable bonds is 5. The number of benzene rings is 1. The lowest BCUT2D eigenvalue weighted by Gasteiger charge is -2.11. The van der Waals surface area contributed by atoms with Crippen LogP contribution < -0.4 is 11.1 Å². The van der Waals surface area contributed by atoms with E-state index in [-0.39, 0.29) is 10.6 Å². The highest BCUT2D eigenvalue weighted by Gasteiger charge is 2.10. The molecule has 3 N–H and O–H groups in total. The molecular weight excluding hydrogens is 261 g/mol. The Bertz CT molecular complexity index is 572. The Morgan fingerprint density at radius 3 is 2.68 bits per heavy atom. The van der Waals surface area contributed by atoms with Crippen LogP contribution in [0, 0.1) is 5.82 Å². The van der Waals surface area contributed by atoms with Crippen LogP contribution in [0.25, 0.3) is 0 Å². The number of anilines is 1. The van der Waals surface area contributed by atoms with Gasteiger partial charge >= 0.3 is 0 Å². The number of thiocarbonyl (C=S) groups is 1. The van der Waals surface area contributed by atoms with Crippen molar-refractivity contribution in [1.82, 2.24) is 4.98 Å². The van der Waals surface area contributed by atoms with E-state index in [9.17, 15) is 4.39 Å². The molecule has 1 aromatic heterocycles. The molecule has 0 bridgehead atoms. The van der Waals surface area contributed by atoms with Crippen molar-refractivity contribution < 1.29 is 4.39 Å². The highest BCUT2D eigenvalue weighted by Crippen LogP contribution is 2.18. The Balaban J connectivity index is 2.04. The third kappa shape index (κ3) is 3.48. The van der Waals surface area contributed by atoms with Crippen LogP contribution in [0.4, 0.5) is 10.1 Å². The molecule has 0 spiro atoms. The Labute approximate surface area is 116 Å². The van der Waals surface area contributed by atoms with E-state index in [2.05, 4.69) is 10.3 Å². The molecule has 3 nitrogen and oxygen atoms in total. The number of hydrogen-bond donors (Lipinski definition) is 2. The molecule has 0 aliphatic heterocycles. The van der Waals surface area contributed by atoms with Gasteiger partial charge in [-0.05, 0) is 36.2 Å². The smallest absolute Gasteiger partial charge is 0.135 e. The van der Waals surface area contributed by atoms with Crippen molar-refractivity contribution in [2.75, 3.05) is 11.9 Å². The molecule has 1 heterocycles. The molecule has 1 aromatic carbocycles. The third-order valence-electron chi connectivity index (χ3n) is 2.74. The molecule has 2 aromatic rings. The van der Waals surface area contributed by atoms with Crippen LogP contribution in [0.2, 0.25) is 0 Å². The lowest BCUT2D eigenvalue weighted by atomic mass is 10.1. The van der Waals surface area contributed by atoms with Gasteiger partial charge in [-0.3, -0.25) is 4.98 Å². The van der Waals surface area contributed by atoms with Gasteiger partial charge in [0.15, 0.2) is 0 Å². The zero-order valence-electron chi connectivity index (χ0n) is 10.3. The second-order valence-electron chi connectivity index (χ2n) is 4.06. The Morgan fingerprint density at radius 1 is 1.26 bits per heavy atom. The van der Waals surface area contributed by atoms with Gasteiger partial charge in [0.05, 0.1) is 5.56 Å². The number of aromatic nitrogens is 1. The molecule has 0 saturated heterocycles. The maximum Gasteiger partial charge on any atom is 0.135 e. The van der Waals surface area contributed by atoms with E-state index in [1.54, 1.807) is 24.5 Å². The van der Waals surface area contributed by atoms with Gasteiger partial charge in [-0.1, -0.05) is 18.3 Å². The molecule has 98 valence electrons. The van der Waals surface area contributed by atoms with Crippen LogP contribution in [-0.4, -0.2) is 16.5 Å². The van der Waals surface area contributed by atoms with Gasteiger partial charge in [0.2, 0.25) is 0 Å². The number of pyridine rings is 1. The summed E-state index contributed by atoms with van der Waals surface area (Å²) in [5, 5.41) is 3.16. The van der Waals surface area contributed by atoms with Gasteiger partial charge in [0.25, 0.3) is 0 Å². The molecule has 5 heteroatoms. The van der Waals surface area contributed by atoms with Gasteiger partial charge in [0, 0.05) is 24.6 Å². The summed E-state index contributed by atoms with van der Waals surface area (Å²) in [5.41, 5.74) is 7.60. The minimum atomic E-state index is -0.401. The van der Waals surface area contributed by atoms with Gasteiger partial charge < -0.3 is 11.1 Å². The van der Waals surface area contributed by atoms with E-state index in [4.69, 9.17) is 18.0 Å². The fourth-order valence-electron chi connectivity index (χ4n) is 1.81. The zero-order valence-corrected chi connectivity index (χ0v) is 11.1. The molecule has 0 aliphatic rings. The van der Waals surface area contributed by atoms with Crippen molar-refractivity contribution in [2.45, 2.75) is 6.42 Å². The molecule has 0 aliphatic carbocycles. The molecule has 0 amide bonds. The first-order valence-electron chi connectivity index (χ1n) is 5.89. The molecule has 19 heavy (non-hydrogen) atoms. The van der Waals surface area contributed by atoms with Crippen LogP contribution in [0.1, 0.15) is 11.1 Å². The molecule has 0 saturated carbocycles. The first kappa shape index (κ1) is 13.4. The summed E-state index contributed by atoms with van der Waals surface area (Å²) in [6.45, 7) is 0.670. The van der Waals surface area contributed by atoms with Crippen LogP contribution in [0.3, 0.4) is 0 Å². The number of nitrogens with two attached hydrogens (primary N) is 1. The van der Waals surface area contributed by atoms with Gasteiger partial charge in [-0.15, -0.1) is 0 Å². The van der Waals surface area contributed by atoms with Crippen LogP contribution in [0.15, 0.2) is 42.7 Å². The summed E-state index contributed by atoms with van der Waals surface area (Å²) < 4.78 is 13.6. The summed E-state index contributed by atoms with van der Waals surface area (Å²) in [6.07, 6.45) is 4.31. The van der Waals surface area contributed by atoms with E-state index < -0.39 is 5.82 Å². The fraction of sp³-hybridized carbons (Fsp3) is 0.143. The van der Waals surface area contributed by atoms with E-state index in [0.29, 0.717) is 12.2 Å². The van der Waals surface area contributed by atoms with Crippen molar-refractivity contribution in [3.8, 4) is 0 Å². The van der Waals surface area contributed by atoms with Gasteiger partial charge in [0.1, 0.15) is 10.8 Å². The zero-order chi connectivity index (χ0) is 13.7. The minimum Gasteiger partial charge on any atom is -0.389 e. The first-order valence-corrected chi connectivity index (χ1v) is 6.30. The highest BCUT2D eigenvalue weighted by atomic mass is 32.1. The maximum atomic E-state index is 13.6. The van der Waals surface area contributed by atoms with Crippen molar-refractivity contribution in [1.29, 1.82) is 0 Å². The van der Waals surface area contributed by atoms with Crippen molar-refractivity contribution in [3.05, 3.63) is 59.7 Å². The topological polar surface area (TPSA) is 50.9 Å². The number of hydrogen-bond acceptors (Lipinski definition) is 3. The summed E-state index contributed by atoms with van der Waals surface area (Å²) in [4.78, 5) is 4.02. The summed E-state index contributed by atoms with van der Waals surface area (Å²) in [6, 6.07) is 8.64. The summed E-state index contributed by atoms with van der Waals surface area (Å²) in [5.74, 6) is -0.401. The van der Waals surface area contributed by atoms with Gasteiger partial charge in [-0.25, -0.2) is 4.39 Å². The summed E-state index contributed by atoms with van der Waals surface area (Å²) in [7, 11) is 0. The minimum absolute atomic E-state index is 0.0597. The first-order chi connectivity index (χ1) is 9.18. The van der Waals surface area contributed by atoms with E-state index in [0.717, 1.165) is 12.0 Å². The quantitative estimate of drug-likeness (QED) is 0.823. The lowest BCUT2D eigenvalue weighted by Crippen LogP contribution is -2.16. The molecule has 0 fully saturated rings. The van der Waals surface area contributed by atoms with Crippen LogP contribution in [0.5, 0.6) is 0 Å². The monoisotopic (exact) mass is 275 g/mol. The van der Waals surface area contributed by atoms with Gasteiger partial charge in [-0.2, -0.15) is 0 Å². The molecule has 0 unspecified atom stereocenters. The highest BCUT2D eigenvalue weighted by molar-refractivity contribution is 7.80. The second-order valence-corrected chi connectivity index (χ2v) is 4.50. The van der Waals surface area contributed by atoms with Crippen molar-refractivity contribution in [2.24, 2.45) is 5.73 Å². The number of halogens is 1. The predicted molar refractivity (Wildman–Crippen MR) is 78.7 cm³/mol. The van der Waals surface area contributed by atoms with Crippen molar-refractivity contribution in [3.63, 3.8) is 0 Å². The summed E-state index contributed by atoms with van der Waals surface area (Å²) >= 11 is 4.87. The van der Waals surface area contributed by atoms with E-state index >= 15 is 0 Å². The fourth-order valence-corrected chi connectivity index (χ4v) is 2.02. The molecule has 0 atom stereocenters.